The molecule has 0 aromatic rings. The van der Waals surface area contributed by atoms with Gasteiger partial charge in [-0.25, -0.2) is 0 Å². The van der Waals surface area contributed by atoms with Crippen molar-refractivity contribution in [1.29, 1.82) is 0 Å². The zero-order valence-corrected chi connectivity index (χ0v) is 21.6. The van der Waals surface area contributed by atoms with E-state index >= 15 is 0 Å². The lowest BCUT2D eigenvalue weighted by Crippen LogP contribution is -2.50. The van der Waals surface area contributed by atoms with Crippen LogP contribution in [0, 0.1) is 5.92 Å². The number of likely N-dealkylation sites (tertiary alicyclic amines) is 1. The first-order chi connectivity index (χ1) is 14.2. The third kappa shape index (κ3) is 8.43. The molecule has 2 heterocycles. The van der Waals surface area contributed by atoms with Crippen molar-refractivity contribution in [3.63, 3.8) is 0 Å². The highest BCUT2D eigenvalue weighted by atomic mass is 127. The van der Waals surface area contributed by atoms with Crippen molar-refractivity contribution in [1.82, 2.24) is 15.5 Å². The first-order valence-electron chi connectivity index (χ1n) is 12.2. The maximum atomic E-state index is 6.34. The van der Waals surface area contributed by atoms with Crippen molar-refractivity contribution in [3.05, 3.63) is 0 Å². The van der Waals surface area contributed by atoms with Gasteiger partial charge in [0.05, 0.1) is 18.8 Å². The quantitative estimate of drug-likeness (QED) is 0.267. The normalized spacial score (nSPS) is 25.7. The minimum Gasteiger partial charge on any atom is -0.381 e. The minimum atomic E-state index is -0.0384. The van der Waals surface area contributed by atoms with E-state index < -0.39 is 0 Å². The lowest BCUT2D eigenvalue weighted by atomic mass is 9.84. The predicted molar refractivity (Wildman–Crippen MR) is 135 cm³/mol. The van der Waals surface area contributed by atoms with Gasteiger partial charge in [-0.1, -0.05) is 26.2 Å². The Kier molecular flexibility index (Phi) is 12.3. The number of halogens is 1. The van der Waals surface area contributed by atoms with Crippen molar-refractivity contribution in [2.24, 2.45) is 10.9 Å². The van der Waals surface area contributed by atoms with Crippen LogP contribution < -0.4 is 10.6 Å². The second-order valence-electron chi connectivity index (χ2n) is 9.24. The van der Waals surface area contributed by atoms with Gasteiger partial charge in [0.2, 0.25) is 0 Å². The van der Waals surface area contributed by atoms with Crippen molar-refractivity contribution in [2.45, 2.75) is 83.3 Å². The Morgan fingerprint density at radius 1 is 1.13 bits per heavy atom. The highest BCUT2D eigenvalue weighted by Crippen LogP contribution is 2.32. The highest BCUT2D eigenvalue weighted by molar-refractivity contribution is 14.0. The average molecular weight is 537 g/mol. The van der Waals surface area contributed by atoms with Crippen molar-refractivity contribution in [2.75, 3.05) is 52.5 Å². The molecule has 0 aromatic heterocycles. The van der Waals surface area contributed by atoms with E-state index in [0.717, 1.165) is 64.1 Å². The summed E-state index contributed by atoms with van der Waals surface area (Å²) in [6, 6.07) is 0.516. The molecule has 3 aliphatic rings. The van der Waals surface area contributed by atoms with Gasteiger partial charge < -0.3 is 25.0 Å². The molecule has 0 bridgehead atoms. The molecule has 0 radical (unpaired) electrons. The maximum Gasteiger partial charge on any atom is 0.191 e. The molecule has 2 saturated heterocycles. The Morgan fingerprint density at radius 2 is 1.90 bits per heavy atom. The molecule has 2 N–H and O–H groups in total. The number of nitrogens with one attached hydrogen (secondary N) is 2. The zero-order valence-electron chi connectivity index (χ0n) is 19.3. The van der Waals surface area contributed by atoms with Gasteiger partial charge in [0.1, 0.15) is 0 Å². The van der Waals surface area contributed by atoms with Crippen LogP contribution in [0.15, 0.2) is 4.99 Å². The first kappa shape index (κ1) is 26.1. The largest absolute Gasteiger partial charge is 0.381 e. The number of hydrogen-bond donors (Lipinski definition) is 2. The lowest BCUT2D eigenvalue weighted by Gasteiger charge is -2.37. The van der Waals surface area contributed by atoms with Crippen molar-refractivity contribution in [3.8, 4) is 0 Å². The SMILES string of the molecule is CCCOC1(CN=C(NCC)NC2CCN(CC3CCOC3)CC2)CCCCC1.I. The summed E-state index contributed by atoms with van der Waals surface area (Å²) in [5.74, 6) is 1.72. The van der Waals surface area contributed by atoms with E-state index in [9.17, 15) is 0 Å². The summed E-state index contributed by atoms with van der Waals surface area (Å²) in [7, 11) is 0. The third-order valence-electron chi connectivity index (χ3n) is 6.72. The van der Waals surface area contributed by atoms with Gasteiger partial charge in [0.25, 0.3) is 0 Å². The number of ether oxygens (including phenoxy) is 2. The fraction of sp³-hybridized carbons (Fsp3) is 0.957. The van der Waals surface area contributed by atoms with Gasteiger partial charge in [-0.2, -0.15) is 0 Å². The number of hydrogen-bond acceptors (Lipinski definition) is 4. The Morgan fingerprint density at radius 3 is 2.53 bits per heavy atom. The van der Waals surface area contributed by atoms with E-state index in [1.54, 1.807) is 0 Å². The van der Waals surface area contributed by atoms with E-state index in [2.05, 4.69) is 29.4 Å². The second kappa shape index (κ2) is 14.1. The second-order valence-corrected chi connectivity index (χ2v) is 9.24. The van der Waals surface area contributed by atoms with E-state index in [1.165, 1.54) is 58.2 Å². The Balaban J connectivity index is 0.00000320. The summed E-state index contributed by atoms with van der Waals surface area (Å²) >= 11 is 0. The predicted octanol–water partition coefficient (Wildman–Crippen LogP) is 3.79. The van der Waals surface area contributed by atoms with Gasteiger partial charge in [-0.15, -0.1) is 24.0 Å². The van der Waals surface area contributed by atoms with Gasteiger partial charge in [0.15, 0.2) is 5.96 Å². The molecule has 3 fully saturated rings. The third-order valence-corrected chi connectivity index (χ3v) is 6.72. The summed E-state index contributed by atoms with van der Waals surface area (Å²) in [5.41, 5.74) is -0.0384. The summed E-state index contributed by atoms with van der Waals surface area (Å²) in [4.78, 5) is 7.62. The molecule has 3 rings (SSSR count). The highest BCUT2D eigenvalue weighted by Gasteiger charge is 2.33. The van der Waals surface area contributed by atoms with E-state index in [4.69, 9.17) is 14.5 Å². The number of piperidine rings is 1. The van der Waals surface area contributed by atoms with Crippen LogP contribution in [0.2, 0.25) is 0 Å². The molecule has 7 heteroatoms. The minimum absolute atomic E-state index is 0. The van der Waals surface area contributed by atoms with E-state index in [0.29, 0.717) is 6.04 Å². The molecule has 1 saturated carbocycles. The summed E-state index contributed by atoms with van der Waals surface area (Å²) in [5, 5.41) is 7.18. The van der Waals surface area contributed by atoms with E-state index in [-0.39, 0.29) is 29.6 Å². The van der Waals surface area contributed by atoms with Crippen LogP contribution in [-0.4, -0.2) is 75.0 Å². The van der Waals surface area contributed by atoms with Gasteiger partial charge in [-0.05, 0) is 51.4 Å². The van der Waals surface area contributed by atoms with Crippen LogP contribution in [0.4, 0.5) is 0 Å². The fourth-order valence-electron chi connectivity index (χ4n) is 4.95. The van der Waals surface area contributed by atoms with Gasteiger partial charge >= 0.3 is 0 Å². The molecule has 0 aromatic carbocycles. The van der Waals surface area contributed by atoms with Gasteiger partial charge in [0, 0.05) is 45.4 Å². The molecule has 2 aliphatic heterocycles. The Bertz CT molecular complexity index is 486. The molecule has 1 aliphatic carbocycles. The number of guanidine groups is 1. The molecule has 6 nitrogen and oxygen atoms in total. The molecular formula is C23H45IN4O2. The van der Waals surface area contributed by atoms with Crippen LogP contribution in [0.1, 0.15) is 71.6 Å². The molecule has 0 amide bonds. The molecule has 1 unspecified atom stereocenters. The zero-order chi connectivity index (χ0) is 20.4. The van der Waals surface area contributed by atoms with E-state index in [1.807, 2.05) is 0 Å². The van der Waals surface area contributed by atoms with Crippen LogP contribution >= 0.6 is 24.0 Å². The standard InChI is InChI=1S/C23H44N4O2.HI/c1-3-15-29-23(11-6-5-7-12-23)19-25-22(24-4-2)26-21-8-13-27(14-9-21)17-20-10-16-28-18-20;/h20-21H,3-19H2,1-2H3,(H2,24,25,26);1H. The maximum absolute atomic E-state index is 6.34. The summed E-state index contributed by atoms with van der Waals surface area (Å²) in [6.45, 7) is 12.3. The molecule has 0 spiro atoms. The van der Waals surface area contributed by atoms with Crippen LogP contribution in [0.3, 0.4) is 0 Å². The monoisotopic (exact) mass is 536 g/mol. The molecule has 30 heavy (non-hydrogen) atoms. The van der Waals surface area contributed by atoms with Gasteiger partial charge in [-0.3, -0.25) is 4.99 Å². The lowest BCUT2D eigenvalue weighted by molar-refractivity contribution is -0.0624. The molecular weight excluding hydrogens is 491 g/mol. The van der Waals surface area contributed by atoms with Crippen molar-refractivity contribution >= 4 is 29.9 Å². The first-order valence-corrected chi connectivity index (χ1v) is 12.2. The average Bonchev–Trinajstić information content (AvgIpc) is 3.26. The number of nitrogens with zero attached hydrogens (tertiary/aromatic N) is 2. The molecule has 176 valence electrons. The fourth-order valence-corrected chi connectivity index (χ4v) is 4.95. The summed E-state index contributed by atoms with van der Waals surface area (Å²) in [6.07, 6.45) is 10.9. The number of rotatable bonds is 9. The summed E-state index contributed by atoms with van der Waals surface area (Å²) < 4.78 is 11.9. The van der Waals surface area contributed by atoms with Crippen LogP contribution in [0.25, 0.3) is 0 Å². The van der Waals surface area contributed by atoms with Crippen LogP contribution in [-0.2, 0) is 9.47 Å². The topological polar surface area (TPSA) is 58.1 Å². The van der Waals surface area contributed by atoms with Crippen molar-refractivity contribution < 1.29 is 9.47 Å². The Hall–Kier alpha value is -0.120. The van der Waals surface area contributed by atoms with Crippen LogP contribution in [0.5, 0.6) is 0 Å². The number of aliphatic imine (C=N–C) groups is 1. The molecule has 1 atom stereocenters. The Labute approximate surface area is 201 Å². The smallest absolute Gasteiger partial charge is 0.191 e.